The Bertz CT molecular complexity index is 477. The van der Waals surface area contributed by atoms with Crippen molar-refractivity contribution in [3.63, 3.8) is 0 Å². The summed E-state index contributed by atoms with van der Waals surface area (Å²) in [7, 11) is 0. The van der Waals surface area contributed by atoms with Crippen molar-refractivity contribution in [2.45, 2.75) is 33.1 Å². The fraction of sp³-hybridized carbons (Fsp3) is 0.500. The Morgan fingerprint density at radius 1 is 1.31 bits per heavy atom. The summed E-state index contributed by atoms with van der Waals surface area (Å²) < 4.78 is 5.21. The zero-order valence-electron chi connectivity index (χ0n) is 9.36. The van der Waals surface area contributed by atoms with Crippen LogP contribution in [0.3, 0.4) is 0 Å². The second-order valence-electron chi connectivity index (χ2n) is 3.45. The van der Waals surface area contributed by atoms with Crippen molar-refractivity contribution in [2.75, 3.05) is 5.73 Å². The lowest BCUT2D eigenvalue weighted by atomic mass is 10.3. The van der Waals surface area contributed by atoms with Gasteiger partial charge in [0.2, 0.25) is 0 Å². The van der Waals surface area contributed by atoms with E-state index in [1.165, 1.54) is 11.3 Å². The molecule has 0 saturated carbocycles. The molecule has 0 amide bonds. The molecule has 0 unspecified atom stereocenters. The Hall–Kier alpha value is -1.43. The van der Waals surface area contributed by atoms with E-state index in [4.69, 9.17) is 10.3 Å². The summed E-state index contributed by atoms with van der Waals surface area (Å²) in [6.07, 6.45) is 2.65. The van der Waals surface area contributed by atoms with Crippen LogP contribution in [-0.2, 0) is 12.8 Å². The number of thiazole rings is 1. The van der Waals surface area contributed by atoms with E-state index in [1.807, 2.05) is 6.92 Å². The maximum atomic E-state index is 5.68. The van der Waals surface area contributed by atoms with E-state index in [9.17, 15) is 0 Å². The molecule has 0 saturated heterocycles. The lowest BCUT2D eigenvalue weighted by Gasteiger charge is -1.90. The van der Waals surface area contributed by atoms with Crippen LogP contribution in [-0.4, -0.2) is 15.1 Å². The molecule has 0 bridgehead atoms. The van der Waals surface area contributed by atoms with E-state index < -0.39 is 0 Å². The van der Waals surface area contributed by atoms with Crippen LogP contribution in [0.4, 0.5) is 5.13 Å². The van der Waals surface area contributed by atoms with Crippen LogP contribution >= 0.6 is 11.3 Å². The highest BCUT2D eigenvalue weighted by atomic mass is 32.1. The van der Waals surface area contributed by atoms with Crippen molar-refractivity contribution in [2.24, 2.45) is 0 Å². The van der Waals surface area contributed by atoms with Gasteiger partial charge in [-0.15, -0.1) is 0 Å². The monoisotopic (exact) mass is 238 g/mol. The standard InChI is InChI=1S/C10H14N4OS/c1-3-5-7-13-9(15-14-7)8-6(4-2)12-10(11)16-8/h3-5H2,1-2H3,(H2,11,12). The summed E-state index contributed by atoms with van der Waals surface area (Å²) in [6.45, 7) is 4.11. The molecule has 2 heterocycles. The molecule has 86 valence electrons. The first kappa shape index (κ1) is 11.1. The maximum Gasteiger partial charge on any atom is 0.270 e. The van der Waals surface area contributed by atoms with Crippen molar-refractivity contribution >= 4 is 16.5 Å². The van der Waals surface area contributed by atoms with Gasteiger partial charge in [0.05, 0.1) is 5.69 Å². The summed E-state index contributed by atoms with van der Waals surface area (Å²) >= 11 is 1.39. The number of nitrogen functional groups attached to an aromatic ring is 1. The van der Waals surface area contributed by atoms with Crippen molar-refractivity contribution in [1.29, 1.82) is 0 Å². The van der Waals surface area contributed by atoms with Gasteiger partial charge in [-0.25, -0.2) is 4.98 Å². The molecular weight excluding hydrogens is 224 g/mol. The first-order chi connectivity index (χ1) is 7.74. The molecule has 0 aliphatic rings. The number of hydrogen-bond acceptors (Lipinski definition) is 6. The molecule has 0 radical (unpaired) electrons. The van der Waals surface area contributed by atoms with Gasteiger partial charge in [0, 0.05) is 6.42 Å². The molecule has 2 rings (SSSR count). The first-order valence-electron chi connectivity index (χ1n) is 5.32. The highest BCUT2D eigenvalue weighted by Gasteiger charge is 2.16. The van der Waals surface area contributed by atoms with Gasteiger partial charge in [-0.05, 0) is 12.8 Å². The van der Waals surface area contributed by atoms with E-state index in [0.717, 1.165) is 35.7 Å². The molecular formula is C10H14N4OS. The van der Waals surface area contributed by atoms with Crippen molar-refractivity contribution in [1.82, 2.24) is 15.1 Å². The normalized spacial score (nSPS) is 10.9. The average Bonchev–Trinajstić information content (AvgIpc) is 2.85. The Labute approximate surface area is 97.7 Å². The summed E-state index contributed by atoms with van der Waals surface area (Å²) in [5, 5.41) is 4.46. The zero-order valence-corrected chi connectivity index (χ0v) is 10.2. The fourth-order valence-corrected chi connectivity index (χ4v) is 2.29. The lowest BCUT2D eigenvalue weighted by molar-refractivity contribution is 0.422. The number of anilines is 1. The first-order valence-corrected chi connectivity index (χ1v) is 6.14. The predicted molar refractivity (Wildman–Crippen MR) is 63.2 cm³/mol. The third kappa shape index (κ3) is 2.06. The van der Waals surface area contributed by atoms with E-state index in [2.05, 4.69) is 22.0 Å². The minimum atomic E-state index is 0.537. The third-order valence-corrected chi connectivity index (χ3v) is 3.10. The third-order valence-electron chi connectivity index (χ3n) is 2.18. The number of aryl methyl sites for hydroxylation is 2. The number of nitrogens with zero attached hydrogens (tertiary/aromatic N) is 3. The number of aromatic nitrogens is 3. The molecule has 0 atom stereocenters. The largest absolute Gasteiger partial charge is 0.375 e. The summed E-state index contributed by atoms with van der Waals surface area (Å²) in [5.74, 6) is 1.28. The molecule has 2 aromatic rings. The summed E-state index contributed by atoms with van der Waals surface area (Å²) in [5.41, 5.74) is 6.60. The molecule has 0 aliphatic heterocycles. The molecule has 2 aromatic heterocycles. The maximum absolute atomic E-state index is 5.68. The topological polar surface area (TPSA) is 77.8 Å². The van der Waals surface area contributed by atoms with Gasteiger partial charge in [0.25, 0.3) is 5.89 Å². The van der Waals surface area contributed by atoms with Gasteiger partial charge in [0.15, 0.2) is 11.0 Å². The van der Waals surface area contributed by atoms with Crippen molar-refractivity contribution in [3.8, 4) is 10.8 Å². The SMILES string of the molecule is CCCc1noc(-c2sc(N)nc2CC)n1. The van der Waals surface area contributed by atoms with Gasteiger partial charge >= 0.3 is 0 Å². The Kier molecular flexibility index (Phi) is 3.19. The smallest absolute Gasteiger partial charge is 0.270 e. The molecule has 5 nitrogen and oxygen atoms in total. The van der Waals surface area contributed by atoms with Crippen LogP contribution in [0, 0.1) is 0 Å². The van der Waals surface area contributed by atoms with Gasteiger partial charge < -0.3 is 10.3 Å². The highest BCUT2D eigenvalue weighted by Crippen LogP contribution is 2.30. The van der Waals surface area contributed by atoms with Crippen LogP contribution in [0.25, 0.3) is 10.8 Å². The van der Waals surface area contributed by atoms with Crippen molar-refractivity contribution < 1.29 is 4.52 Å². The second kappa shape index (κ2) is 4.61. The Balaban J connectivity index is 2.34. The number of nitrogens with two attached hydrogens (primary N) is 1. The quantitative estimate of drug-likeness (QED) is 0.884. The molecule has 2 N–H and O–H groups in total. The zero-order chi connectivity index (χ0) is 11.5. The van der Waals surface area contributed by atoms with Crippen LogP contribution in [0.2, 0.25) is 0 Å². The molecule has 0 aromatic carbocycles. The fourth-order valence-electron chi connectivity index (χ4n) is 1.45. The number of rotatable bonds is 4. The van der Waals surface area contributed by atoms with E-state index in [0.29, 0.717) is 11.0 Å². The molecule has 16 heavy (non-hydrogen) atoms. The Morgan fingerprint density at radius 2 is 2.12 bits per heavy atom. The lowest BCUT2D eigenvalue weighted by Crippen LogP contribution is -1.87. The molecule has 6 heteroatoms. The predicted octanol–water partition coefficient (Wildman–Crippen LogP) is 2.29. The minimum Gasteiger partial charge on any atom is -0.375 e. The van der Waals surface area contributed by atoms with E-state index in [1.54, 1.807) is 0 Å². The van der Waals surface area contributed by atoms with E-state index >= 15 is 0 Å². The van der Waals surface area contributed by atoms with E-state index in [-0.39, 0.29) is 0 Å². The van der Waals surface area contributed by atoms with Gasteiger partial charge in [0.1, 0.15) is 4.88 Å². The highest BCUT2D eigenvalue weighted by molar-refractivity contribution is 7.18. The van der Waals surface area contributed by atoms with Gasteiger partial charge in [-0.3, -0.25) is 0 Å². The second-order valence-corrected chi connectivity index (χ2v) is 4.48. The molecule has 0 aliphatic carbocycles. The van der Waals surface area contributed by atoms with Crippen LogP contribution in [0.5, 0.6) is 0 Å². The van der Waals surface area contributed by atoms with Gasteiger partial charge in [-0.1, -0.05) is 30.3 Å². The van der Waals surface area contributed by atoms with Crippen molar-refractivity contribution in [3.05, 3.63) is 11.5 Å². The van der Waals surface area contributed by atoms with Crippen LogP contribution in [0.15, 0.2) is 4.52 Å². The average molecular weight is 238 g/mol. The molecule has 0 fully saturated rings. The number of hydrogen-bond donors (Lipinski definition) is 1. The minimum absolute atomic E-state index is 0.537. The summed E-state index contributed by atoms with van der Waals surface area (Å²) in [4.78, 5) is 9.46. The summed E-state index contributed by atoms with van der Waals surface area (Å²) in [6, 6.07) is 0. The molecule has 0 spiro atoms. The van der Waals surface area contributed by atoms with Crippen LogP contribution in [0.1, 0.15) is 31.8 Å². The van der Waals surface area contributed by atoms with Crippen LogP contribution < -0.4 is 5.73 Å². The van der Waals surface area contributed by atoms with Gasteiger partial charge in [-0.2, -0.15) is 4.98 Å². The Morgan fingerprint density at radius 3 is 2.81 bits per heavy atom.